The summed E-state index contributed by atoms with van der Waals surface area (Å²) in [5.74, 6) is 0. The lowest BCUT2D eigenvalue weighted by Gasteiger charge is -2.25. The topological polar surface area (TPSA) is 0 Å². The molecule has 0 saturated carbocycles. The summed E-state index contributed by atoms with van der Waals surface area (Å²) in [6.45, 7) is 18.6. The molecule has 234 valence electrons. The van der Waals surface area contributed by atoms with E-state index in [1.54, 1.807) is 0 Å². The summed E-state index contributed by atoms with van der Waals surface area (Å²) in [5, 5.41) is 0. The largest absolute Gasteiger partial charge is 0.0616 e. The number of hydrogen-bond donors (Lipinski definition) is 0. The van der Waals surface area contributed by atoms with Crippen LogP contribution in [0.3, 0.4) is 0 Å². The Morgan fingerprint density at radius 2 is 0.936 bits per heavy atom. The third-order valence-corrected chi connectivity index (χ3v) is 10.1. The van der Waals surface area contributed by atoms with Crippen molar-refractivity contribution in [2.24, 2.45) is 0 Å². The summed E-state index contributed by atoms with van der Waals surface area (Å²) >= 11 is 0. The monoisotopic (exact) mass is 610 g/mol. The van der Waals surface area contributed by atoms with E-state index >= 15 is 0 Å². The van der Waals surface area contributed by atoms with Crippen LogP contribution in [0.1, 0.15) is 117 Å². The second-order valence-corrected chi connectivity index (χ2v) is 16.0. The fourth-order valence-electron chi connectivity index (χ4n) is 7.19. The lowest BCUT2D eigenvalue weighted by atomic mass is 9.79. The molecule has 47 heavy (non-hydrogen) atoms. The molecule has 0 radical (unpaired) electrons. The minimum Gasteiger partial charge on any atom is -0.0616 e. The van der Waals surface area contributed by atoms with Crippen LogP contribution in [0, 0.1) is 0 Å². The van der Waals surface area contributed by atoms with Gasteiger partial charge in [-0.25, -0.2) is 0 Å². The van der Waals surface area contributed by atoms with Crippen molar-refractivity contribution in [2.45, 2.75) is 71.6 Å². The van der Waals surface area contributed by atoms with Crippen LogP contribution in [0.4, 0.5) is 0 Å². The zero-order valence-corrected chi connectivity index (χ0v) is 29.2. The van der Waals surface area contributed by atoms with E-state index in [2.05, 4.69) is 189 Å². The number of benzene rings is 5. The van der Waals surface area contributed by atoms with Crippen molar-refractivity contribution in [3.63, 3.8) is 0 Å². The van der Waals surface area contributed by atoms with E-state index in [1.807, 2.05) is 0 Å². The molecular formula is C47H46. The third-order valence-electron chi connectivity index (χ3n) is 10.1. The van der Waals surface area contributed by atoms with E-state index in [9.17, 15) is 0 Å². The normalized spacial score (nSPS) is 14.8. The van der Waals surface area contributed by atoms with Gasteiger partial charge in [0.2, 0.25) is 0 Å². The Labute approximate surface area is 282 Å². The summed E-state index contributed by atoms with van der Waals surface area (Å²) in [5.41, 5.74) is 18.4. The zero-order valence-electron chi connectivity index (χ0n) is 29.2. The SMILES string of the molecule is CC(C)(C)c1cc(C=Cc2ccc3c(c2)C(C)(C)c2cc(C=C4c5ccccc5C=Cc5ccccc54)ccc2-3)cc(C(C)(C)C)c1. The van der Waals surface area contributed by atoms with E-state index in [4.69, 9.17) is 0 Å². The molecule has 0 N–H and O–H groups in total. The third kappa shape index (κ3) is 5.76. The predicted octanol–water partition coefficient (Wildman–Crippen LogP) is 12.8. The molecule has 0 fully saturated rings. The summed E-state index contributed by atoms with van der Waals surface area (Å²) < 4.78 is 0. The molecule has 5 aromatic carbocycles. The molecule has 5 aromatic rings. The average molecular weight is 611 g/mol. The van der Waals surface area contributed by atoms with Gasteiger partial charge in [0.1, 0.15) is 0 Å². The predicted molar refractivity (Wildman–Crippen MR) is 206 cm³/mol. The second kappa shape index (κ2) is 11.2. The van der Waals surface area contributed by atoms with Crippen LogP contribution in [-0.4, -0.2) is 0 Å². The smallest absolute Gasteiger partial charge is 0.0159 e. The number of fused-ring (bicyclic) bond motifs is 5. The quantitative estimate of drug-likeness (QED) is 0.175. The molecule has 7 rings (SSSR count). The molecule has 0 atom stereocenters. The van der Waals surface area contributed by atoms with Crippen LogP contribution in [0.15, 0.2) is 103 Å². The Kier molecular flexibility index (Phi) is 7.40. The van der Waals surface area contributed by atoms with E-state index in [0.717, 1.165) is 0 Å². The van der Waals surface area contributed by atoms with Crippen molar-refractivity contribution in [3.05, 3.63) is 164 Å². The van der Waals surface area contributed by atoms with Gasteiger partial charge in [-0.2, -0.15) is 0 Å². The molecular weight excluding hydrogens is 565 g/mol. The Balaban J connectivity index is 1.25. The highest BCUT2D eigenvalue weighted by molar-refractivity contribution is 6.00. The van der Waals surface area contributed by atoms with Gasteiger partial charge in [-0.3, -0.25) is 0 Å². The van der Waals surface area contributed by atoms with Crippen molar-refractivity contribution >= 4 is 36.0 Å². The van der Waals surface area contributed by atoms with Crippen molar-refractivity contribution in [3.8, 4) is 11.1 Å². The van der Waals surface area contributed by atoms with Gasteiger partial charge < -0.3 is 0 Å². The second-order valence-electron chi connectivity index (χ2n) is 16.0. The fraction of sp³-hybridized carbons (Fsp3) is 0.234. The van der Waals surface area contributed by atoms with Crippen molar-refractivity contribution in [2.75, 3.05) is 0 Å². The van der Waals surface area contributed by atoms with Gasteiger partial charge in [-0.1, -0.05) is 183 Å². The molecule has 0 heterocycles. The average Bonchev–Trinajstić information content (AvgIpc) is 3.15. The maximum absolute atomic E-state index is 2.42. The van der Waals surface area contributed by atoms with Crippen LogP contribution < -0.4 is 0 Å². The summed E-state index contributed by atoms with van der Waals surface area (Å²) in [7, 11) is 0. The molecule has 0 saturated heterocycles. The molecule has 0 heteroatoms. The van der Waals surface area contributed by atoms with E-state index in [1.165, 1.54) is 77.9 Å². The highest BCUT2D eigenvalue weighted by Gasteiger charge is 2.35. The van der Waals surface area contributed by atoms with Gasteiger partial charge in [-0.15, -0.1) is 0 Å². The van der Waals surface area contributed by atoms with E-state index in [0.29, 0.717) is 0 Å². The van der Waals surface area contributed by atoms with Gasteiger partial charge in [0.25, 0.3) is 0 Å². The first kappa shape index (κ1) is 30.9. The minimum atomic E-state index is -0.102. The lowest BCUT2D eigenvalue weighted by molar-refractivity contribution is 0.568. The molecule has 0 aromatic heterocycles. The maximum atomic E-state index is 2.42. The molecule has 2 aliphatic carbocycles. The molecule has 0 aliphatic heterocycles. The standard InChI is InChI=1S/C47H46/c1-45(2,3)36-25-32(26-37(30-36)46(4,5)6)18-17-31-19-23-40-41-24-20-33(29-44(41)47(7,8)43(40)28-31)27-42-38-15-11-9-13-34(38)21-22-35-14-10-12-16-39(35)42/h9-30H,1-8H3. The fourth-order valence-corrected chi connectivity index (χ4v) is 7.19. The first-order valence-corrected chi connectivity index (χ1v) is 17.0. The van der Waals surface area contributed by atoms with Gasteiger partial charge in [0, 0.05) is 5.41 Å². The van der Waals surface area contributed by atoms with E-state index < -0.39 is 0 Å². The first-order valence-electron chi connectivity index (χ1n) is 17.0. The molecule has 0 unspecified atom stereocenters. The van der Waals surface area contributed by atoms with Gasteiger partial charge in [0.05, 0.1) is 0 Å². The molecule has 0 amide bonds. The Hall–Kier alpha value is -4.68. The van der Waals surface area contributed by atoms with E-state index in [-0.39, 0.29) is 16.2 Å². The van der Waals surface area contributed by atoms with Crippen LogP contribution in [0.5, 0.6) is 0 Å². The Morgan fingerprint density at radius 1 is 0.468 bits per heavy atom. The molecule has 2 aliphatic rings. The molecule has 0 bridgehead atoms. The van der Waals surface area contributed by atoms with Crippen LogP contribution >= 0.6 is 0 Å². The number of rotatable bonds is 3. The van der Waals surface area contributed by atoms with Crippen LogP contribution in [0.2, 0.25) is 0 Å². The highest BCUT2D eigenvalue weighted by Crippen LogP contribution is 2.49. The van der Waals surface area contributed by atoms with Gasteiger partial charge in [-0.05, 0) is 94.8 Å². The summed E-state index contributed by atoms with van der Waals surface area (Å²) in [6.07, 6.45) is 11.5. The molecule has 0 nitrogen and oxygen atoms in total. The van der Waals surface area contributed by atoms with Crippen molar-refractivity contribution in [1.82, 2.24) is 0 Å². The van der Waals surface area contributed by atoms with Gasteiger partial charge in [0.15, 0.2) is 0 Å². The van der Waals surface area contributed by atoms with Crippen LogP contribution in [0.25, 0.3) is 47.1 Å². The van der Waals surface area contributed by atoms with Crippen molar-refractivity contribution in [1.29, 1.82) is 0 Å². The summed E-state index contributed by atoms with van der Waals surface area (Å²) in [4.78, 5) is 0. The van der Waals surface area contributed by atoms with Gasteiger partial charge >= 0.3 is 0 Å². The lowest BCUT2D eigenvalue weighted by Crippen LogP contribution is -2.16. The highest BCUT2D eigenvalue weighted by atomic mass is 14.4. The Bertz CT molecular complexity index is 2030. The maximum Gasteiger partial charge on any atom is 0.0159 e. The zero-order chi connectivity index (χ0) is 33.1. The Morgan fingerprint density at radius 3 is 1.47 bits per heavy atom. The van der Waals surface area contributed by atoms with Crippen molar-refractivity contribution < 1.29 is 0 Å². The number of hydrogen-bond acceptors (Lipinski definition) is 0. The summed E-state index contributed by atoms with van der Waals surface area (Å²) in [6, 6.07) is 38.6. The molecule has 0 spiro atoms. The van der Waals surface area contributed by atoms with Crippen LogP contribution in [-0.2, 0) is 16.2 Å². The first-order chi connectivity index (χ1) is 22.3. The minimum absolute atomic E-state index is 0.0991.